The molecular formula is C14H12N2O2. The number of carbonyl (C=O) groups excluding carboxylic acids is 1. The molecule has 0 saturated heterocycles. The zero-order chi connectivity index (χ0) is 13.2. The van der Waals surface area contributed by atoms with Crippen LogP contribution in [0.4, 0.5) is 0 Å². The average molecular weight is 240 g/mol. The number of rotatable bonds is 3. The highest BCUT2D eigenvalue weighted by molar-refractivity contribution is 5.82. The standard InChI is InChI=1S/C14H12N2O2/c1-2-18-13(17)12-11(14(12,8-15)9-16)10-6-4-3-5-7-10/h3-7,11-12H,2H2,1H3/t11-,12+/m1/s1. The largest absolute Gasteiger partial charge is 0.466 e. The molecule has 0 spiro atoms. The van der Waals surface area contributed by atoms with Crippen LogP contribution >= 0.6 is 0 Å². The van der Waals surface area contributed by atoms with E-state index in [1.54, 1.807) is 6.92 Å². The van der Waals surface area contributed by atoms with Gasteiger partial charge in [-0.15, -0.1) is 0 Å². The lowest BCUT2D eigenvalue weighted by Crippen LogP contribution is -2.11. The van der Waals surface area contributed by atoms with Crippen molar-refractivity contribution < 1.29 is 9.53 Å². The van der Waals surface area contributed by atoms with Gasteiger partial charge in [0.1, 0.15) is 0 Å². The first-order valence-electron chi connectivity index (χ1n) is 5.75. The fourth-order valence-corrected chi connectivity index (χ4v) is 2.36. The predicted molar refractivity (Wildman–Crippen MR) is 63.0 cm³/mol. The number of hydrogen-bond donors (Lipinski definition) is 0. The first kappa shape index (κ1) is 12.1. The molecule has 1 aromatic carbocycles. The molecule has 1 fully saturated rings. The van der Waals surface area contributed by atoms with Crippen molar-refractivity contribution in [3.8, 4) is 12.1 Å². The van der Waals surface area contributed by atoms with Crippen molar-refractivity contribution in [2.45, 2.75) is 12.8 Å². The van der Waals surface area contributed by atoms with E-state index in [2.05, 4.69) is 0 Å². The van der Waals surface area contributed by atoms with Gasteiger partial charge in [0.25, 0.3) is 0 Å². The highest BCUT2D eigenvalue weighted by atomic mass is 16.5. The highest BCUT2D eigenvalue weighted by Crippen LogP contribution is 2.64. The topological polar surface area (TPSA) is 73.9 Å². The van der Waals surface area contributed by atoms with Gasteiger partial charge >= 0.3 is 5.97 Å². The molecule has 4 heteroatoms. The van der Waals surface area contributed by atoms with Gasteiger partial charge in [0.15, 0.2) is 5.41 Å². The van der Waals surface area contributed by atoms with Crippen LogP contribution in [0.2, 0.25) is 0 Å². The van der Waals surface area contributed by atoms with Gasteiger partial charge in [-0.25, -0.2) is 0 Å². The Labute approximate surface area is 105 Å². The molecule has 0 heterocycles. The quantitative estimate of drug-likeness (QED) is 0.757. The van der Waals surface area contributed by atoms with Crippen molar-refractivity contribution in [1.82, 2.24) is 0 Å². The number of ether oxygens (including phenoxy) is 1. The normalized spacial score (nSPS) is 23.5. The summed E-state index contributed by atoms with van der Waals surface area (Å²) in [6.07, 6.45) is 0. The van der Waals surface area contributed by atoms with Crippen molar-refractivity contribution in [3.05, 3.63) is 35.9 Å². The molecule has 1 aliphatic carbocycles. The summed E-state index contributed by atoms with van der Waals surface area (Å²) in [5, 5.41) is 18.4. The van der Waals surface area contributed by atoms with Gasteiger partial charge in [-0.05, 0) is 12.5 Å². The average Bonchev–Trinajstić information content (AvgIpc) is 3.09. The minimum atomic E-state index is -1.27. The number of nitriles is 2. The van der Waals surface area contributed by atoms with Crippen LogP contribution in [0.1, 0.15) is 18.4 Å². The molecule has 0 bridgehead atoms. The van der Waals surface area contributed by atoms with Crippen LogP contribution in [0.25, 0.3) is 0 Å². The Hall–Kier alpha value is -2.33. The fraction of sp³-hybridized carbons (Fsp3) is 0.357. The van der Waals surface area contributed by atoms with E-state index in [4.69, 9.17) is 4.74 Å². The molecule has 4 nitrogen and oxygen atoms in total. The zero-order valence-electron chi connectivity index (χ0n) is 9.96. The Morgan fingerprint density at radius 2 is 1.94 bits per heavy atom. The van der Waals surface area contributed by atoms with Gasteiger partial charge < -0.3 is 4.74 Å². The van der Waals surface area contributed by atoms with Crippen molar-refractivity contribution in [2.24, 2.45) is 11.3 Å². The summed E-state index contributed by atoms with van der Waals surface area (Å²) >= 11 is 0. The second kappa shape index (κ2) is 4.50. The second-order valence-corrected chi connectivity index (χ2v) is 4.21. The molecule has 2 rings (SSSR count). The zero-order valence-corrected chi connectivity index (χ0v) is 9.96. The SMILES string of the molecule is CCOC(=O)[C@@H]1[C@@H](c2ccccc2)C1(C#N)C#N. The summed E-state index contributed by atoms with van der Waals surface area (Å²) in [7, 11) is 0. The molecule has 0 aliphatic heterocycles. The maximum atomic E-state index is 11.8. The Balaban J connectivity index is 2.34. The molecule has 0 radical (unpaired) electrons. The number of hydrogen-bond acceptors (Lipinski definition) is 4. The minimum absolute atomic E-state index is 0.254. The number of benzene rings is 1. The lowest BCUT2D eigenvalue weighted by molar-refractivity contribution is -0.145. The smallest absolute Gasteiger partial charge is 0.312 e. The monoisotopic (exact) mass is 240 g/mol. The van der Waals surface area contributed by atoms with Gasteiger partial charge in [-0.3, -0.25) is 4.79 Å². The Morgan fingerprint density at radius 1 is 1.33 bits per heavy atom. The van der Waals surface area contributed by atoms with Crippen LogP contribution in [0.5, 0.6) is 0 Å². The highest BCUT2D eigenvalue weighted by Gasteiger charge is 2.71. The van der Waals surface area contributed by atoms with E-state index in [1.807, 2.05) is 42.5 Å². The molecule has 0 aromatic heterocycles. The van der Waals surface area contributed by atoms with Crippen LogP contribution in [-0.2, 0) is 9.53 Å². The van der Waals surface area contributed by atoms with E-state index in [0.717, 1.165) is 5.56 Å². The van der Waals surface area contributed by atoms with Crippen LogP contribution in [0, 0.1) is 34.0 Å². The third kappa shape index (κ3) is 1.63. The third-order valence-electron chi connectivity index (χ3n) is 3.27. The summed E-state index contributed by atoms with van der Waals surface area (Å²) in [6, 6.07) is 13.1. The van der Waals surface area contributed by atoms with E-state index >= 15 is 0 Å². The number of carbonyl (C=O) groups is 1. The summed E-state index contributed by atoms with van der Waals surface area (Å²) in [5.41, 5.74) is -0.438. The van der Waals surface area contributed by atoms with Crippen molar-refractivity contribution in [1.29, 1.82) is 10.5 Å². The van der Waals surface area contributed by atoms with E-state index in [9.17, 15) is 15.3 Å². The Bertz CT molecular complexity index is 525. The second-order valence-electron chi connectivity index (χ2n) is 4.21. The lowest BCUT2D eigenvalue weighted by atomic mass is 10.0. The van der Waals surface area contributed by atoms with Crippen molar-refractivity contribution in [2.75, 3.05) is 6.61 Å². The van der Waals surface area contributed by atoms with E-state index in [-0.39, 0.29) is 12.5 Å². The minimum Gasteiger partial charge on any atom is -0.466 e. The van der Waals surface area contributed by atoms with Gasteiger partial charge in [0, 0.05) is 5.92 Å². The van der Waals surface area contributed by atoms with Crippen LogP contribution in [0.15, 0.2) is 30.3 Å². The molecule has 0 amide bonds. The van der Waals surface area contributed by atoms with Crippen LogP contribution in [0.3, 0.4) is 0 Å². The van der Waals surface area contributed by atoms with Crippen LogP contribution < -0.4 is 0 Å². The van der Waals surface area contributed by atoms with E-state index in [0.29, 0.717) is 0 Å². The molecular weight excluding hydrogens is 228 g/mol. The predicted octanol–water partition coefficient (Wildman–Crippen LogP) is 2.00. The fourth-order valence-electron chi connectivity index (χ4n) is 2.36. The number of esters is 1. The van der Waals surface area contributed by atoms with Crippen LogP contribution in [-0.4, -0.2) is 12.6 Å². The van der Waals surface area contributed by atoms with E-state index in [1.165, 1.54) is 0 Å². The maximum absolute atomic E-state index is 11.8. The van der Waals surface area contributed by atoms with Gasteiger partial charge in [0.2, 0.25) is 0 Å². The molecule has 90 valence electrons. The summed E-state index contributed by atoms with van der Waals surface area (Å²) in [4.78, 5) is 11.8. The van der Waals surface area contributed by atoms with Crippen molar-refractivity contribution >= 4 is 5.97 Å². The molecule has 2 atom stereocenters. The molecule has 1 saturated carbocycles. The Morgan fingerprint density at radius 3 is 2.44 bits per heavy atom. The van der Waals surface area contributed by atoms with Gasteiger partial charge in [-0.2, -0.15) is 10.5 Å². The molecule has 0 unspecified atom stereocenters. The van der Waals surface area contributed by atoms with Gasteiger partial charge in [0.05, 0.1) is 24.7 Å². The first-order chi connectivity index (χ1) is 8.71. The molecule has 18 heavy (non-hydrogen) atoms. The first-order valence-corrected chi connectivity index (χ1v) is 5.75. The Kier molecular flexibility index (Phi) is 3.04. The molecule has 1 aromatic rings. The summed E-state index contributed by atoms with van der Waals surface area (Å²) in [5.74, 6) is -1.52. The lowest BCUT2D eigenvalue weighted by Gasteiger charge is -1.99. The van der Waals surface area contributed by atoms with Crippen molar-refractivity contribution in [3.63, 3.8) is 0 Å². The van der Waals surface area contributed by atoms with E-state index < -0.39 is 17.3 Å². The number of nitrogens with zero attached hydrogens (tertiary/aromatic N) is 2. The summed E-state index contributed by atoms with van der Waals surface area (Å²) < 4.78 is 4.94. The van der Waals surface area contributed by atoms with Gasteiger partial charge in [-0.1, -0.05) is 30.3 Å². The third-order valence-corrected chi connectivity index (χ3v) is 3.27. The molecule has 0 N–H and O–H groups in total. The maximum Gasteiger partial charge on any atom is 0.312 e. The molecule has 1 aliphatic rings. The summed E-state index contributed by atoms with van der Waals surface area (Å²) in [6.45, 7) is 1.96.